The van der Waals surface area contributed by atoms with Gasteiger partial charge < -0.3 is 10.5 Å². The lowest BCUT2D eigenvalue weighted by atomic mass is 10.2. The molecule has 78 valence electrons. The van der Waals surface area contributed by atoms with E-state index in [4.69, 9.17) is 5.73 Å². The highest BCUT2D eigenvalue weighted by Crippen LogP contribution is 2.24. The summed E-state index contributed by atoms with van der Waals surface area (Å²) in [7, 11) is 0. The number of nitrogens with two attached hydrogens (primary N) is 1. The second kappa shape index (κ2) is 4.28. The Morgan fingerprint density at radius 1 is 1.29 bits per heavy atom. The molecule has 6 heteroatoms. The van der Waals surface area contributed by atoms with E-state index in [1.54, 1.807) is 0 Å². The first-order valence-electron chi connectivity index (χ1n) is 3.67. The molecule has 0 unspecified atom stereocenters. The summed E-state index contributed by atoms with van der Waals surface area (Å²) in [5.74, 6) is -2.56. The van der Waals surface area contributed by atoms with Crippen molar-refractivity contribution in [3.05, 3.63) is 29.3 Å². The van der Waals surface area contributed by atoms with Gasteiger partial charge in [-0.3, -0.25) is 0 Å². The van der Waals surface area contributed by atoms with Gasteiger partial charge in [-0.25, -0.2) is 8.78 Å². The molecule has 0 radical (unpaired) electrons. The molecule has 1 rings (SSSR count). The number of ether oxygens (including phenoxy) is 1. The van der Waals surface area contributed by atoms with Crippen LogP contribution in [0.4, 0.5) is 17.6 Å². The second-order valence-electron chi connectivity index (χ2n) is 2.45. The van der Waals surface area contributed by atoms with Crippen LogP contribution in [-0.2, 0) is 6.54 Å². The van der Waals surface area contributed by atoms with Gasteiger partial charge in [0.05, 0.1) is 0 Å². The largest absolute Gasteiger partial charge is 0.434 e. The van der Waals surface area contributed by atoms with Crippen molar-refractivity contribution in [3.8, 4) is 5.75 Å². The number of halogens is 4. The van der Waals surface area contributed by atoms with Crippen molar-refractivity contribution in [2.45, 2.75) is 13.2 Å². The van der Waals surface area contributed by atoms with Crippen LogP contribution in [0.5, 0.6) is 5.75 Å². The number of hydrogen-bond donors (Lipinski definition) is 1. The summed E-state index contributed by atoms with van der Waals surface area (Å²) in [6.07, 6.45) is 0. The third-order valence-electron chi connectivity index (χ3n) is 1.54. The van der Waals surface area contributed by atoms with Crippen molar-refractivity contribution in [1.82, 2.24) is 0 Å². The standard InChI is InChI=1S/C8H7F4NO/c9-4-1-6(10)5(3-13)7(2-4)14-8(11)12/h1-2,8H,3,13H2. The van der Waals surface area contributed by atoms with Crippen molar-refractivity contribution in [1.29, 1.82) is 0 Å². The van der Waals surface area contributed by atoms with E-state index >= 15 is 0 Å². The summed E-state index contributed by atoms with van der Waals surface area (Å²) in [6.45, 7) is -3.48. The van der Waals surface area contributed by atoms with Gasteiger partial charge in [-0.2, -0.15) is 8.78 Å². The molecule has 14 heavy (non-hydrogen) atoms. The molecule has 0 aromatic heterocycles. The van der Waals surface area contributed by atoms with Crippen molar-refractivity contribution in [2.24, 2.45) is 5.73 Å². The average Bonchev–Trinajstić information content (AvgIpc) is 2.01. The van der Waals surface area contributed by atoms with E-state index in [0.717, 1.165) is 0 Å². The van der Waals surface area contributed by atoms with Crippen molar-refractivity contribution in [2.75, 3.05) is 0 Å². The smallest absolute Gasteiger partial charge is 0.387 e. The first kappa shape index (κ1) is 10.8. The Labute approximate surface area is 77.3 Å². The first-order chi connectivity index (χ1) is 6.54. The molecule has 0 aliphatic heterocycles. The predicted molar refractivity (Wildman–Crippen MR) is 40.9 cm³/mol. The number of benzene rings is 1. The Bertz CT molecular complexity index is 329. The zero-order chi connectivity index (χ0) is 10.7. The van der Waals surface area contributed by atoms with E-state index < -0.39 is 24.0 Å². The fourth-order valence-corrected chi connectivity index (χ4v) is 0.979. The minimum atomic E-state index is -3.14. The number of hydrogen-bond acceptors (Lipinski definition) is 2. The molecular formula is C8H7F4NO. The van der Waals surface area contributed by atoms with Crippen LogP contribution in [0.15, 0.2) is 12.1 Å². The summed E-state index contributed by atoms with van der Waals surface area (Å²) < 4.78 is 53.0. The minimum absolute atomic E-state index is 0.272. The fourth-order valence-electron chi connectivity index (χ4n) is 0.979. The third-order valence-corrected chi connectivity index (χ3v) is 1.54. The normalized spacial score (nSPS) is 10.7. The molecule has 0 atom stereocenters. The van der Waals surface area contributed by atoms with Gasteiger partial charge >= 0.3 is 6.61 Å². The van der Waals surface area contributed by atoms with E-state index in [-0.39, 0.29) is 12.1 Å². The zero-order valence-corrected chi connectivity index (χ0v) is 6.94. The highest BCUT2D eigenvalue weighted by molar-refractivity contribution is 5.35. The lowest BCUT2D eigenvalue weighted by Crippen LogP contribution is -2.09. The molecule has 2 N–H and O–H groups in total. The van der Waals surface area contributed by atoms with Gasteiger partial charge in [0.25, 0.3) is 0 Å². The molecule has 0 heterocycles. The molecule has 2 nitrogen and oxygen atoms in total. The second-order valence-corrected chi connectivity index (χ2v) is 2.45. The van der Waals surface area contributed by atoms with Crippen LogP contribution < -0.4 is 10.5 Å². The van der Waals surface area contributed by atoms with Crippen molar-refractivity contribution in [3.63, 3.8) is 0 Å². The van der Waals surface area contributed by atoms with E-state index in [0.29, 0.717) is 12.1 Å². The molecule has 0 aliphatic carbocycles. The predicted octanol–water partition coefficient (Wildman–Crippen LogP) is 2.02. The molecular weight excluding hydrogens is 202 g/mol. The van der Waals surface area contributed by atoms with Crippen LogP contribution in [0.3, 0.4) is 0 Å². The van der Waals surface area contributed by atoms with Crippen molar-refractivity contribution < 1.29 is 22.3 Å². The maximum absolute atomic E-state index is 12.9. The molecule has 0 fully saturated rings. The lowest BCUT2D eigenvalue weighted by Gasteiger charge is -2.09. The molecule has 1 aromatic rings. The number of rotatable bonds is 3. The zero-order valence-electron chi connectivity index (χ0n) is 6.94. The molecule has 0 saturated carbocycles. The van der Waals surface area contributed by atoms with Gasteiger partial charge in [-0.1, -0.05) is 0 Å². The van der Waals surface area contributed by atoms with Gasteiger partial charge in [0.2, 0.25) is 0 Å². The van der Waals surface area contributed by atoms with Gasteiger partial charge in [0.15, 0.2) is 0 Å². The SMILES string of the molecule is NCc1c(F)cc(F)cc1OC(F)F. The molecule has 1 aromatic carbocycles. The van der Waals surface area contributed by atoms with E-state index in [2.05, 4.69) is 4.74 Å². The highest BCUT2D eigenvalue weighted by atomic mass is 19.3. The Balaban J connectivity index is 3.11. The van der Waals surface area contributed by atoms with E-state index in [1.165, 1.54) is 0 Å². The summed E-state index contributed by atoms with van der Waals surface area (Å²) >= 11 is 0. The molecule has 0 bridgehead atoms. The number of alkyl halides is 2. The van der Waals surface area contributed by atoms with Gasteiger partial charge in [0.1, 0.15) is 17.4 Å². The maximum Gasteiger partial charge on any atom is 0.387 e. The Morgan fingerprint density at radius 2 is 1.93 bits per heavy atom. The van der Waals surface area contributed by atoms with Crippen LogP contribution >= 0.6 is 0 Å². The Morgan fingerprint density at radius 3 is 2.43 bits per heavy atom. The Hall–Kier alpha value is -1.30. The summed E-state index contributed by atoms with van der Waals surface area (Å²) in [5.41, 5.74) is 4.82. The van der Waals surface area contributed by atoms with E-state index in [1.807, 2.05) is 0 Å². The molecule has 0 amide bonds. The summed E-state index contributed by atoms with van der Waals surface area (Å²) in [6, 6.07) is 1.22. The van der Waals surface area contributed by atoms with Crippen molar-refractivity contribution >= 4 is 0 Å². The third kappa shape index (κ3) is 2.35. The molecule has 0 spiro atoms. The lowest BCUT2D eigenvalue weighted by molar-refractivity contribution is -0.0507. The highest BCUT2D eigenvalue weighted by Gasteiger charge is 2.14. The summed E-state index contributed by atoms with van der Waals surface area (Å²) in [4.78, 5) is 0. The topological polar surface area (TPSA) is 35.2 Å². The summed E-state index contributed by atoms with van der Waals surface area (Å²) in [5, 5.41) is 0. The van der Waals surface area contributed by atoms with Crippen LogP contribution in [0.2, 0.25) is 0 Å². The van der Waals surface area contributed by atoms with E-state index in [9.17, 15) is 17.6 Å². The monoisotopic (exact) mass is 209 g/mol. The van der Waals surface area contributed by atoms with Gasteiger partial charge in [-0.15, -0.1) is 0 Å². The molecule has 0 aliphatic rings. The van der Waals surface area contributed by atoms with Crippen LogP contribution in [-0.4, -0.2) is 6.61 Å². The Kier molecular flexibility index (Phi) is 3.29. The average molecular weight is 209 g/mol. The fraction of sp³-hybridized carbons (Fsp3) is 0.250. The van der Waals surface area contributed by atoms with Crippen LogP contribution in [0.25, 0.3) is 0 Å². The van der Waals surface area contributed by atoms with Gasteiger partial charge in [0, 0.05) is 24.2 Å². The van der Waals surface area contributed by atoms with Gasteiger partial charge in [-0.05, 0) is 0 Å². The quantitative estimate of drug-likeness (QED) is 0.773. The molecule has 0 saturated heterocycles. The van der Waals surface area contributed by atoms with Crippen LogP contribution in [0.1, 0.15) is 5.56 Å². The minimum Gasteiger partial charge on any atom is -0.434 e. The first-order valence-corrected chi connectivity index (χ1v) is 3.67. The maximum atomic E-state index is 12.9. The van der Waals surface area contributed by atoms with Crippen LogP contribution in [0, 0.1) is 11.6 Å².